The van der Waals surface area contributed by atoms with Gasteiger partial charge in [-0.3, -0.25) is 18.9 Å². The Morgan fingerprint density at radius 3 is 2.96 bits per heavy atom. The second kappa shape index (κ2) is 6.81. The molecule has 9 heteroatoms. The van der Waals surface area contributed by atoms with Crippen LogP contribution in [0.15, 0.2) is 33.5 Å². The summed E-state index contributed by atoms with van der Waals surface area (Å²) in [6.07, 6.45) is 3.76. The van der Waals surface area contributed by atoms with Gasteiger partial charge in [0.1, 0.15) is 5.65 Å². The maximum Gasteiger partial charge on any atom is 0.258 e. The van der Waals surface area contributed by atoms with Gasteiger partial charge in [-0.05, 0) is 31.4 Å². The number of aryl methyl sites for hydroxylation is 1. The maximum atomic E-state index is 12.3. The summed E-state index contributed by atoms with van der Waals surface area (Å²) in [5.74, 6) is 0.526. The Hall–Kier alpha value is -2.26. The fraction of sp³-hybridized carbons (Fsp3) is 0.353. The zero-order chi connectivity index (χ0) is 18.3. The van der Waals surface area contributed by atoms with Crippen LogP contribution >= 0.6 is 23.1 Å². The molecule has 0 aliphatic heterocycles. The summed E-state index contributed by atoms with van der Waals surface area (Å²) in [7, 11) is 0. The molecular formula is C17H17N5O2S2. The van der Waals surface area contributed by atoms with Crippen molar-refractivity contribution in [3.63, 3.8) is 0 Å². The van der Waals surface area contributed by atoms with Gasteiger partial charge in [0.05, 0.1) is 5.69 Å². The molecule has 0 radical (unpaired) electrons. The van der Waals surface area contributed by atoms with E-state index in [1.807, 2.05) is 19.1 Å². The lowest BCUT2D eigenvalue weighted by Gasteiger charge is -2.15. The van der Waals surface area contributed by atoms with Crippen LogP contribution in [0.4, 0.5) is 5.13 Å². The minimum Gasteiger partial charge on any atom is -0.284 e. The van der Waals surface area contributed by atoms with Crippen LogP contribution in [0.2, 0.25) is 0 Å². The number of amides is 1. The van der Waals surface area contributed by atoms with Gasteiger partial charge in [0.25, 0.3) is 5.56 Å². The third-order valence-electron chi connectivity index (χ3n) is 4.14. The van der Waals surface area contributed by atoms with E-state index in [0.717, 1.165) is 22.7 Å². The number of anilines is 1. The first-order chi connectivity index (χ1) is 12.5. The molecule has 4 rings (SSSR count). The number of pyridine rings is 1. The number of carbonyl (C=O) groups is 1. The van der Waals surface area contributed by atoms with Gasteiger partial charge in [0.15, 0.2) is 4.34 Å². The Balaban J connectivity index is 1.53. The van der Waals surface area contributed by atoms with Crippen molar-refractivity contribution in [2.45, 2.75) is 42.8 Å². The van der Waals surface area contributed by atoms with Crippen molar-refractivity contribution >= 4 is 39.8 Å². The SMILES string of the molecule is CC(=O)N(c1nnc(SCc2cc(=O)n3cccc(C)c3n2)s1)C1CC1. The summed E-state index contributed by atoms with van der Waals surface area (Å²) in [4.78, 5) is 30.4. The number of aromatic nitrogens is 4. The first kappa shape index (κ1) is 17.2. The number of hydrogen-bond acceptors (Lipinski definition) is 7. The van der Waals surface area contributed by atoms with Crippen LogP contribution in [0, 0.1) is 6.92 Å². The Bertz CT molecular complexity index is 1040. The number of thioether (sulfide) groups is 1. The predicted octanol–water partition coefficient (Wildman–Crippen LogP) is 2.66. The minimum atomic E-state index is -0.0938. The molecule has 3 aromatic rings. The topological polar surface area (TPSA) is 80.5 Å². The number of rotatable bonds is 5. The molecule has 7 nitrogen and oxygen atoms in total. The maximum absolute atomic E-state index is 12.3. The standard InChI is InChI=1S/C17H17N5O2S2/c1-10-4-3-7-21-14(24)8-12(18-15(10)21)9-25-17-20-19-16(26-17)22(11(2)23)13-5-6-13/h3-4,7-8,13H,5-6,9H2,1-2H3. The van der Waals surface area contributed by atoms with Crippen molar-refractivity contribution < 1.29 is 4.79 Å². The molecule has 134 valence electrons. The van der Waals surface area contributed by atoms with Gasteiger partial charge in [-0.1, -0.05) is 29.2 Å². The van der Waals surface area contributed by atoms with Gasteiger partial charge >= 0.3 is 0 Å². The Morgan fingerprint density at radius 2 is 2.23 bits per heavy atom. The molecular weight excluding hydrogens is 370 g/mol. The van der Waals surface area contributed by atoms with Crippen LogP contribution in [0.3, 0.4) is 0 Å². The van der Waals surface area contributed by atoms with E-state index in [0.29, 0.717) is 22.2 Å². The summed E-state index contributed by atoms with van der Waals surface area (Å²) in [6.45, 7) is 3.49. The zero-order valence-electron chi connectivity index (χ0n) is 14.4. The Morgan fingerprint density at radius 1 is 1.42 bits per heavy atom. The van der Waals surface area contributed by atoms with Gasteiger partial charge in [0.2, 0.25) is 11.0 Å². The molecule has 26 heavy (non-hydrogen) atoms. The van der Waals surface area contributed by atoms with Crippen molar-refractivity contribution in [3.8, 4) is 0 Å². The highest BCUT2D eigenvalue weighted by Gasteiger charge is 2.34. The van der Waals surface area contributed by atoms with E-state index >= 15 is 0 Å². The van der Waals surface area contributed by atoms with Gasteiger partial charge in [0, 0.05) is 31.0 Å². The van der Waals surface area contributed by atoms with Crippen molar-refractivity contribution in [3.05, 3.63) is 46.0 Å². The zero-order valence-corrected chi connectivity index (χ0v) is 16.0. The van der Waals surface area contributed by atoms with E-state index in [-0.39, 0.29) is 17.5 Å². The molecule has 1 aliphatic rings. The molecule has 0 bridgehead atoms. The van der Waals surface area contributed by atoms with Crippen LogP contribution in [0.5, 0.6) is 0 Å². The molecule has 0 aromatic carbocycles. The first-order valence-electron chi connectivity index (χ1n) is 8.27. The molecule has 1 saturated carbocycles. The smallest absolute Gasteiger partial charge is 0.258 e. The molecule has 0 unspecified atom stereocenters. The number of hydrogen-bond donors (Lipinski definition) is 0. The average molecular weight is 387 g/mol. The number of fused-ring (bicyclic) bond motifs is 1. The van der Waals surface area contributed by atoms with E-state index in [2.05, 4.69) is 15.2 Å². The number of nitrogens with zero attached hydrogens (tertiary/aromatic N) is 5. The monoisotopic (exact) mass is 387 g/mol. The fourth-order valence-electron chi connectivity index (χ4n) is 2.76. The lowest BCUT2D eigenvalue weighted by Crippen LogP contribution is -2.30. The van der Waals surface area contributed by atoms with Crippen LogP contribution in [0.1, 0.15) is 31.0 Å². The Labute approximate surface area is 158 Å². The predicted molar refractivity (Wildman–Crippen MR) is 102 cm³/mol. The highest BCUT2D eigenvalue weighted by atomic mass is 32.2. The van der Waals surface area contributed by atoms with Crippen molar-refractivity contribution in [1.82, 2.24) is 19.6 Å². The quantitative estimate of drug-likeness (QED) is 0.495. The average Bonchev–Trinajstić information content (AvgIpc) is 3.31. The highest BCUT2D eigenvalue weighted by Crippen LogP contribution is 2.36. The molecule has 0 saturated heterocycles. The molecule has 1 aliphatic carbocycles. The van der Waals surface area contributed by atoms with Crippen molar-refractivity contribution in [1.29, 1.82) is 0 Å². The molecule has 1 fully saturated rings. The van der Waals surface area contributed by atoms with Crippen LogP contribution in [-0.4, -0.2) is 31.5 Å². The van der Waals surface area contributed by atoms with Crippen LogP contribution < -0.4 is 10.5 Å². The summed E-state index contributed by atoms with van der Waals surface area (Å²) < 4.78 is 2.31. The fourth-order valence-corrected chi connectivity index (χ4v) is 4.61. The van der Waals surface area contributed by atoms with Gasteiger partial charge in [-0.2, -0.15) is 0 Å². The lowest BCUT2D eigenvalue weighted by atomic mass is 10.3. The Kier molecular flexibility index (Phi) is 4.49. The van der Waals surface area contributed by atoms with E-state index < -0.39 is 0 Å². The molecule has 0 N–H and O–H groups in total. The van der Waals surface area contributed by atoms with E-state index in [4.69, 9.17) is 0 Å². The van der Waals surface area contributed by atoms with Gasteiger partial charge in [-0.25, -0.2) is 4.98 Å². The van der Waals surface area contributed by atoms with Crippen LogP contribution in [-0.2, 0) is 10.5 Å². The third kappa shape index (κ3) is 3.36. The highest BCUT2D eigenvalue weighted by molar-refractivity contribution is 8.00. The minimum absolute atomic E-state index is 0.0000995. The molecule has 3 aromatic heterocycles. The van der Waals surface area contributed by atoms with Gasteiger partial charge < -0.3 is 0 Å². The second-order valence-corrected chi connectivity index (χ2v) is 8.41. The van der Waals surface area contributed by atoms with Crippen molar-refractivity contribution in [2.75, 3.05) is 4.90 Å². The second-order valence-electron chi connectivity index (χ2n) is 6.23. The summed E-state index contributed by atoms with van der Waals surface area (Å²) >= 11 is 2.88. The summed E-state index contributed by atoms with van der Waals surface area (Å²) in [5, 5.41) is 8.98. The number of carbonyl (C=O) groups excluding carboxylic acids is 1. The van der Waals surface area contributed by atoms with Gasteiger partial charge in [-0.15, -0.1) is 10.2 Å². The lowest BCUT2D eigenvalue weighted by molar-refractivity contribution is -0.116. The molecule has 0 spiro atoms. The van der Waals surface area contributed by atoms with E-state index in [1.165, 1.54) is 23.1 Å². The normalized spacial score (nSPS) is 13.9. The molecule has 0 atom stereocenters. The van der Waals surface area contributed by atoms with Crippen molar-refractivity contribution in [2.24, 2.45) is 0 Å². The molecule has 3 heterocycles. The summed E-state index contributed by atoms with van der Waals surface area (Å²) in [5.41, 5.74) is 2.24. The third-order valence-corrected chi connectivity index (χ3v) is 6.23. The molecule has 1 amide bonds. The van der Waals surface area contributed by atoms with Crippen LogP contribution in [0.25, 0.3) is 5.65 Å². The first-order valence-corrected chi connectivity index (χ1v) is 10.1. The van der Waals surface area contributed by atoms with E-state index in [9.17, 15) is 9.59 Å². The van der Waals surface area contributed by atoms with E-state index in [1.54, 1.807) is 28.5 Å². The summed E-state index contributed by atoms with van der Waals surface area (Å²) in [6, 6.07) is 5.59. The largest absolute Gasteiger partial charge is 0.284 e.